The van der Waals surface area contributed by atoms with Crippen molar-refractivity contribution in [2.24, 2.45) is 0 Å². The summed E-state index contributed by atoms with van der Waals surface area (Å²) < 4.78 is 25.3. The summed E-state index contributed by atoms with van der Waals surface area (Å²) in [5, 5.41) is 3.67. The summed E-state index contributed by atoms with van der Waals surface area (Å²) in [5.74, 6) is 0.111. The van der Waals surface area contributed by atoms with Gasteiger partial charge in [0.25, 0.3) is 10.0 Å². The maximum atomic E-state index is 12.2. The number of H-pyrrole nitrogens is 2. The van der Waals surface area contributed by atoms with Gasteiger partial charge < -0.3 is 15.7 Å². The second-order valence-electron chi connectivity index (χ2n) is 3.90. The minimum Gasteiger partial charge on any atom is -0.382 e. The lowest BCUT2D eigenvalue weighted by Gasteiger charge is -2.03. The largest absolute Gasteiger partial charge is 0.382 e. The van der Waals surface area contributed by atoms with E-state index >= 15 is 0 Å². The predicted octanol–water partition coefficient (Wildman–Crippen LogP) is -0.128. The number of aromatic amines is 2. The van der Waals surface area contributed by atoms with Crippen LogP contribution >= 0.6 is 0 Å². The number of nitrogens with two attached hydrogens (primary N) is 1. The molecule has 0 bridgehead atoms. The molecule has 1 aromatic carbocycles. The molecule has 0 atom stereocenters. The van der Waals surface area contributed by atoms with Crippen LogP contribution in [0.1, 0.15) is 0 Å². The van der Waals surface area contributed by atoms with E-state index < -0.39 is 15.7 Å². The highest BCUT2D eigenvalue weighted by Gasteiger charge is 2.18. The fourth-order valence-corrected chi connectivity index (χ4v) is 2.88. The summed E-state index contributed by atoms with van der Waals surface area (Å²) >= 11 is 0. The number of aromatic nitrogens is 4. The summed E-state index contributed by atoms with van der Waals surface area (Å²) in [6.45, 7) is 0. The van der Waals surface area contributed by atoms with Crippen LogP contribution in [0.4, 0.5) is 5.82 Å². The SMILES string of the molecule is Nc1ccn(S(=O)(=O)c2ccc3[nH]c(=O)[nH]c3c2)n1. The third-order valence-corrected chi connectivity index (χ3v) is 4.16. The molecule has 0 aliphatic heterocycles. The van der Waals surface area contributed by atoms with Crippen LogP contribution < -0.4 is 11.4 Å². The lowest BCUT2D eigenvalue weighted by atomic mass is 10.3. The normalized spacial score (nSPS) is 12.0. The molecule has 0 radical (unpaired) electrons. The van der Waals surface area contributed by atoms with Gasteiger partial charge in [0.15, 0.2) is 0 Å². The third kappa shape index (κ3) is 1.80. The first kappa shape index (κ1) is 11.5. The number of anilines is 1. The number of nitrogens with one attached hydrogen (secondary N) is 2. The van der Waals surface area contributed by atoms with Crippen LogP contribution in [-0.4, -0.2) is 27.6 Å². The number of hydrogen-bond acceptors (Lipinski definition) is 5. The van der Waals surface area contributed by atoms with E-state index in [9.17, 15) is 13.2 Å². The van der Waals surface area contributed by atoms with Crippen LogP contribution in [0.2, 0.25) is 0 Å². The molecule has 2 aromatic heterocycles. The number of nitrogen functional groups attached to an aromatic ring is 1. The molecule has 4 N–H and O–H groups in total. The quantitative estimate of drug-likeness (QED) is 0.602. The smallest absolute Gasteiger partial charge is 0.323 e. The molecule has 9 heteroatoms. The lowest BCUT2D eigenvalue weighted by molar-refractivity contribution is 0.580. The first-order valence-corrected chi connectivity index (χ1v) is 6.69. The zero-order valence-corrected chi connectivity index (χ0v) is 10.3. The van der Waals surface area contributed by atoms with Crippen LogP contribution in [0.15, 0.2) is 40.2 Å². The van der Waals surface area contributed by atoms with Crippen molar-refractivity contribution in [2.75, 3.05) is 5.73 Å². The Hall–Kier alpha value is -2.55. The van der Waals surface area contributed by atoms with E-state index in [1.54, 1.807) is 0 Å². The summed E-state index contributed by atoms with van der Waals surface area (Å²) in [6.07, 6.45) is 1.26. The predicted molar refractivity (Wildman–Crippen MR) is 68.1 cm³/mol. The molecule has 0 saturated carbocycles. The molecule has 8 nitrogen and oxygen atoms in total. The van der Waals surface area contributed by atoms with Crippen molar-refractivity contribution in [3.8, 4) is 0 Å². The fraction of sp³-hybridized carbons (Fsp3) is 0. The molecule has 19 heavy (non-hydrogen) atoms. The highest BCUT2D eigenvalue weighted by atomic mass is 32.2. The Morgan fingerprint density at radius 2 is 1.89 bits per heavy atom. The average molecular weight is 279 g/mol. The van der Waals surface area contributed by atoms with Crippen molar-refractivity contribution in [2.45, 2.75) is 4.90 Å². The van der Waals surface area contributed by atoms with Crippen molar-refractivity contribution in [3.63, 3.8) is 0 Å². The van der Waals surface area contributed by atoms with Gasteiger partial charge in [0, 0.05) is 12.3 Å². The number of rotatable bonds is 2. The monoisotopic (exact) mass is 279 g/mol. The van der Waals surface area contributed by atoms with Gasteiger partial charge in [-0.2, -0.15) is 12.5 Å². The summed E-state index contributed by atoms with van der Waals surface area (Å²) in [4.78, 5) is 16.2. The number of fused-ring (bicyclic) bond motifs is 1. The average Bonchev–Trinajstić information content (AvgIpc) is 2.93. The van der Waals surface area contributed by atoms with E-state index in [0.29, 0.717) is 11.0 Å². The van der Waals surface area contributed by atoms with E-state index in [-0.39, 0.29) is 10.7 Å². The Morgan fingerprint density at radius 1 is 1.16 bits per heavy atom. The van der Waals surface area contributed by atoms with Gasteiger partial charge in [-0.1, -0.05) is 0 Å². The van der Waals surface area contributed by atoms with Crippen molar-refractivity contribution in [1.82, 2.24) is 19.2 Å². The topological polar surface area (TPSA) is 127 Å². The molecule has 0 amide bonds. The van der Waals surface area contributed by atoms with Gasteiger partial charge in [-0.3, -0.25) is 0 Å². The first-order chi connectivity index (χ1) is 8.96. The third-order valence-electron chi connectivity index (χ3n) is 2.62. The van der Waals surface area contributed by atoms with Crippen LogP contribution in [0.5, 0.6) is 0 Å². The molecule has 0 saturated heterocycles. The highest BCUT2D eigenvalue weighted by Crippen LogP contribution is 2.17. The Labute approximate surface area is 106 Å². The molecule has 0 unspecified atom stereocenters. The van der Waals surface area contributed by atoms with Crippen molar-refractivity contribution >= 4 is 26.9 Å². The number of hydrogen-bond donors (Lipinski definition) is 3. The minimum absolute atomic E-state index is 0.0124. The Balaban J connectivity index is 2.20. The molecule has 0 aliphatic carbocycles. The molecule has 3 aromatic rings. The molecular formula is C10H9N5O3S. The van der Waals surface area contributed by atoms with Gasteiger partial charge in [-0.15, -0.1) is 5.10 Å². The van der Waals surface area contributed by atoms with Gasteiger partial charge >= 0.3 is 5.69 Å². The van der Waals surface area contributed by atoms with E-state index in [4.69, 9.17) is 5.73 Å². The van der Waals surface area contributed by atoms with Crippen molar-refractivity contribution in [3.05, 3.63) is 40.9 Å². The van der Waals surface area contributed by atoms with Crippen molar-refractivity contribution in [1.29, 1.82) is 0 Å². The van der Waals surface area contributed by atoms with Gasteiger partial charge in [-0.25, -0.2) is 4.79 Å². The maximum Gasteiger partial charge on any atom is 0.323 e. The number of nitrogens with zero attached hydrogens (tertiary/aromatic N) is 2. The van der Waals surface area contributed by atoms with Crippen LogP contribution in [0, 0.1) is 0 Å². The Bertz CT molecular complexity index is 918. The lowest BCUT2D eigenvalue weighted by Crippen LogP contribution is -2.13. The van der Waals surface area contributed by atoms with Gasteiger partial charge in [0.05, 0.1) is 15.9 Å². The molecule has 3 rings (SSSR count). The maximum absolute atomic E-state index is 12.2. The molecule has 0 fully saturated rings. The number of benzene rings is 1. The van der Waals surface area contributed by atoms with Crippen LogP contribution in [-0.2, 0) is 10.0 Å². The zero-order valence-electron chi connectivity index (χ0n) is 9.49. The standard InChI is InChI=1S/C10H9N5O3S/c11-9-3-4-15(14-9)19(17,18)6-1-2-7-8(5-6)13-10(16)12-7/h1-5H,(H2,11,14)(H2,12,13,16). The van der Waals surface area contributed by atoms with Crippen LogP contribution in [0.3, 0.4) is 0 Å². The zero-order chi connectivity index (χ0) is 13.6. The second-order valence-corrected chi connectivity index (χ2v) is 5.70. The van der Waals surface area contributed by atoms with Gasteiger partial charge in [0.2, 0.25) is 0 Å². The van der Waals surface area contributed by atoms with Crippen LogP contribution in [0.25, 0.3) is 11.0 Å². The first-order valence-electron chi connectivity index (χ1n) is 5.25. The molecule has 98 valence electrons. The molecule has 0 aliphatic rings. The highest BCUT2D eigenvalue weighted by molar-refractivity contribution is 7.89. The van der Waals surface area contributed by atoms with E-state index in [2.05, 4.69) is 15.1 Å². The summed E-state index contributed by atoms with van der Waals surface area (Å²) in [7, 11) is -3.81. The van der Waals surface area contributed by atoms with Gasteiger partial charge in [-0.05, 0) is 18.2 Å². The summed E-state index contributed by atoms with van der Waals surface area (Å²) in [5.41, 5.74) is 5.94. The van der Waals surface area contributed by atoms with Crippen molar-refractivity contribution < 1.29 is 8.42 Å². The summed E-state index contributed by atoms with van der Waals surface area (Å²) in [6, 6.07) is 5.64. The molecular weight excluding hydrogens is 270 g/mol. The fourth-order valence-electron chi connectivity index (χ4n) is 1.73. The molecule has 2 heterocycles. The van der Waals surface area contributed by atoms with E-state index in [1.165, 1.54) is 30.5 Å². The minimum atomic E-state index is -3.81. The molecule has 0 spiro atoms. The number of imidazole rings is 1. The Morgan fingerprint density at radius 3 is 2.58 bits per heavy atom. The second kappa shape index (κ2) is 3.72. The van der Waals surface area contributed by atoms with E-state index in [1.807, 2.05) is 0 Å². The van der Waals surface area contributed by atoms with E-state index in [0.717, 1.165) is 4.09 Å². The Kier molecular flexibility index (Phi) is 2.26. The van der Waals surface area contributed by atoms with Gasteiger partial charge in [0.1, 0.15) is 5.82 Å².